The van der Waals surface area contributed by atoms with E-state index >= 15 is 0 Å². The van der Waals surface area contributed by atoms with Gasteiger partial charge in [0, 0.05) is 16.2 Å². The summed E-state index contributed by atoms with van der Waals surface area (Å²) in [5.41, 5.74) is 0. The van der Waals surface area contributed by atoms with Gasteiger partial charge < -0.3 is 5.32 Å². The topological polar surface area (TPSA) is 49.4 Å². The molecule has 0 aromatic heterocycles. The van der Waals surface area contributed by atoms with Crippen LogP contribution in [0.25, 0.3) is 0 Å². The van der Waals surface area contributed by atoms with Gasteiger partial charge in [-0.3, -0.25) is 0 Å². The van der Waals surface area contributed by atoms with Crippen LogP contribution in [0.5, 0.6) is 0 Å². The van der Waals surface area contributed by atoms with Crippen LogP contribution in [0.2, 0.25) is 0 Å². The molecule has 1 aliphatic rings. The van der Waals surface area contributed by atoms with Gasteiger partial charge in [-0.2, -0.15) is 4.31 Å². The first-order valence-electron chi connectivity index (χ1n) is 7.39. The standard InChI is InChI=1S/C15H23IN2O2S/c1-12(2)18(11-13-7-9-17-10-8-13)21(19,20)15-5-3-14(16)4-6-15/h3-6,12-13,17H,7-11H2,1-2H3. The Morgan fingerprint density at radius 3 is 2.33 bits per heavy atom. The molecule has 1 heterocycles. The predicted octanol–water partition coefficient (Wildman–Crippen LogP) is 2.69. The summed E-state index contributed by atoms with van der Waals surface area (Å²) < 4.78 is 28.4. The zero-order chi connectivity index (χ0) is 15.5. The third-order valence-electron chi connectivity index (χ3n) is 3.89. The normalized spacial score (nSPS) is 17.6. The second kappa shape index (κ2) is 7.39. The van der Waals surface area contributed by atoms with Crippen LogP contribution >= 0.6 is 22.6 Å². The van der Waals surface area contributed by atoms with Crippen molar-refractivity contribution < 1.29 is 8.42 Å². The van der Waals surface area contributed by atoms with E-state index in [9.17, 15) is 8.42 Å². The van der Waals surface area contributed by atoms with Crippen molar-refractivity contribution in [3.05, 3.63) is 27.8 Å². The summed E-state index contributed by atoms with van der Waals surface area (Å²) in [5, 5.41) is 3.33. The van der Waals surface area contributed by atoms with E-state index in [0.29, 0.717) is 17.4 Å². The molecule has 1 aromatic rings. The van der Waals surface area contributed by atoms with Gasteiger partial charge >= 0.3 is 0 Å². The third-order valence-corrected chi connectivity index (χ3v) is 6.67. The second-order valence-corrected chi connectivity index (χ2v) is 8.95. The van der Waals surface area contributed by atoms with E-state index in [1.54, 1.807) is 16.4 Å². The molecule has 0 bridgehead atoms. The fourth-order valence-electron chi connectivity index (χ4n) is 2.65. The molecule has 0 aliphatic carbocycles. The predicted molar refractivity (Wildman–Crippen MR) is 93.8 cm³/mol. The lowest BCUT2D eigenvalue weighted by atomic mass is 9.98. The fourth-order valence-corrected chi connectivity index (χ4v) is 4.72. The van der Waals surface area contributed by atoms with Gasteiger partial charge in [0.05, 0.1) is 4.90 Å². The summed E-state index contributed by atoms with van der Waals surface area (Å²) in [4.78, 5) is 0.394. The van der Waals surface area contributed by atoms with E-state index in [2.05, 4.69) is 27.9 Å². The summed E-state index contributed by atoms with van der Waals surface area (Å²) in [6.07, 6.45) is 2.09. The molecule has 0 atom stereocenters. The Bertz CT molecular complexity index is 552. The molecule has 118 valence electrons. The van der Waals surface area contributed by atoms with Gasteiger partial charge in [-0.15, -0.1) is 0 Å². The third kappa shape index (κ3) is 4.40. The first-order valence-corrected chi connectivity index (χ1v) is 9.91. The lowest BCUT2D eigenvalue weighted by Gasteiger charge is -2.32. The van der Waals surface area contributed by atoms with Gasteiger partial charge in [0.25, 0.3) is 0 Å². The summed E-state index contributed by atoms with van der Waals surface area (Å²) in [6, 6.07) is 7.07. The van der Waals surface area contributed by atoms with Crippen LogP contribution in [0, 0.1) is 9.49 Å². The van der Waals surface area contributed by atoms with Crippen molar-refractivity contribution in [2.24, 2.45) is 5.92 Å². The molecule has 0 amide bonds. The van der Waals surface area contributed by atoms with E-state index in [0.717, 1.165) is 29.5 Å². The van der Waals surface area contributed by atoms with E-state index in [1.807, 2.05) is 26.0 Å². The van der Waals surface area contributed by atoms with Gasteiger partial charge in [0.2, 0.25) is 10.0 Å². The second-order valence-electron chi connectivity index (χ2n) is 5.82. The Balaban J connectivity index is 2.21. The molecule has 21 heavy (non-hydrogen) atoms. The van der Waals surface area contributed by atoms with E-state index in [4.69, 9.17) is 0 Å². The van der Waals surface area contributed by atoms with Crippen LogP contribution in [-0.2, 0) is 10.0 Å². The van der Waals surface area contributed by atoms with Crippen molar-refractivity contribution in [1.29, 1.82) is 0 Å². The molecular weight excluding hydrogens is 399 g/mol. The molecular formula is C15H23IN2O2S. The summed E-state index contributed by atoms with van der Waals surface area (Å²) in [5.74, 6) is 0.451. The minimum Gasteiger partial charge on any atom is -0.317 e. The lowest BCUT2D eigenvalue weighted by molar-refractivity contribution is 0.261. The molecule has 4 nitrogen and oxygen atoms in total. The maximum absolute atomic E-state index is 12.9. The number of piperidine rings is 1. The zero-order valence-electron chi connectivity index (χ0n) is 12.5. The molecule has 1 saturated heterocycles. The first-order chi connectivity index (χ1) is 9.91. The number of hydrogen-bond donors (Lipinski definition) is 1. The van der Waals surface area contributed by atoms with E-state index in [1.165, 1.54) is 0 Å². The summed E-state index contributed by atoms with van der Waals surface area (Å²) in [7, 11) is -3.41. The number of rotatable bonds is 5. The maximum atomic E-state index is 12.9. The number of benzene rings is 1. The Hall–Kier alpha value is -0.180. The van der Waals surface area contributed by atoms with Crippen LogP contribution < -0.4 is 5.32 Å². The molecule has 6 heteroatoms. The Labute approximate surface area is 141 Å². The van der Waals surface area contributed by atoms with Gasteiger partial charge in [-0.1, -0.05) is 0 Å². The van der Waals surface area contributed by atoms with Crippen molar-refractivity contribution in [3.63, 3.8) is 0 Å². The minimum absolute atomic E-state index is 0.0239. The lowest BCUT2D eigenvalue weighted by Crippen LogP contribution is -2.42. The van der Waals surface area contributed by atoms with Crippen LogP contribution in [0.3, 0.4) is 0 Å². The SMILES string of the molecule is CC(C)N(CC1CCNCC1)S(=O)(=O)c1ccc(I)cc1. The van der Waals surface area contributed by atoms with Crippen LogP contribution in [0.1, 0.15) is 26.7 Å². The quantitative estimate of drug-likeness (QED) is 0.743. The highest BCUT2D eigenvalue weighted by molar-refractivity contribution is 14.1. The molecule has 1 fully saturated rings. The molecule has 1 aliphatic heterocycles. The minimum atomic E-state index is -3.41. The average molecular weight is 422 g/mol. The highest BCUT2D eigenvalue weighted by Crippen LogP contribution is 2.23. The van der Waals surface area contributed by atoms with Gasteiger partial charge in [0.15, 0.2) is 0 Å². The van der Waals surface area contributed by atoms with Gasteiger partial charge in [-0.05, 0) is 92.6 Å². The van der Waals surface area contributed by atoms with Gasteiger partial charge in [0.1, 0.15) is 0 Å². The Morgan fingerprint density at radius 1 is 1.24 bits per heavy atom. The fraction of sp³-hybridized carbons (Fsp3) is 0.600. The number of nitrogens with zero attached hydrogens (tertiary/aromatic N) is 1. The van der Waals surface area contributed by atoms with Crippen LogP contribution in [-0.4, -0.2) is 38.4 Å². The Morgan fingerprint density at radius 2 is 1.81 bits per heavy atom. The molecule has 0 unspecified atom stereocenters. The van der Waals surface area contributed by atoms with Crippen molar-refractivity contribution in [3.8, 4) is 0 Å². The largest absolute Gasteiger partial charge is 0.317 e. The summed E-state index contributed by atoms with van der Waals surface area (Å²) in [6.45, 7) is 6.49. The molecule has 1 N–H and O–H groups in total. The molecule has 0 spiro atoms. The molecule has 1 aromatic carbocycles. The number of sulfonamides is 1. The van der Waals surface area contributed by atoms with E-state index in [-0.39, 0.29) is 6.04 Å². The van der Waals surface area contributed by atoms with Crippen molar-refractivity contribution in [1.82, 2.24) is 9.62 Å². The number of nitrogens with one attached hydrogen (secondary N) is 1. The first kappa shape index (κ1) is 17.2. The molecule has 0 radical (unpaired) electrons. The molecule has 0 saturated carbocycles. The van der Waals surface area contributed by atoms with E-state index < -0.39 is 10.0 Å². The number of halogens is 1. The molecule has 2 rings (SSSR count). The maximum Gasteiger partial charge on any atom is 0.243 e. The van der Waals surface area contributed by atoms with Gasteiger partial charge in [-0.25, -0.2) is 8.42 Å². The van der Waals surface area contributed by atoms with Crippen molar-refractivity contribution in [2.75, 3.05) is 19.6 Å². The average Bonchev–Trinajstić information content (AvgIpc) is 2.46. The zero-order valence-corrected chi connectivity index (χ0v) is 15.5. The highest BCUT2D eigenvalue weighted by atomic mass is 127. The Kier molecular flexibility index (Phi) is 6.05. The smallest absolute Gasteiger partial charge is 0.243 e. The van der Waals surface area contributed by atoms with Crippen molar-refractivity contribution in [2.45, 2.75) is 37.6 Å². The number of hydrogen-bond acceptors (Lipinski definition) is 3. The monoisotopic (exact) mass is 422 g/mol. The van der Waals surface area contributed by atoms with Crippen LogP contribution in [0.4, 0.5) is 0 Å². The van der Waals surface area contributed by atoms with Crippen molar-refractivity contribution >= 4 is 32.6 Å². The van der Waals surface area contributed by atoms with Crippen LogP contribution in [0.15, 0.2) is 29.2 Å². The summed E-state index contributed by atoms with van der Waals surface area (Å²) >= 11 is 2.18. The highest BCUT2D eigenvalue weighted by Gasteiger charge is 2.29.